The summed E-state index contributed by atoms with van der Waals surface area (Å²) in [5, 5.41) is 0.414. The highest BCUT2D eigenvalue weighted by atomic mass is 35.5. The normalized spacial score (nSPS) is 11.4. The third-order valence-electron chi connectivity index (χ3n) is 1.88. The second-order valence-electron chi connectivity index (χ2n) is 3.40. The molecule has 0 aromatic heterocycles. The molecule has 82 valence electrons. The Morgan fingerprint density at radius 1 is 1.40 bits per heavy atom. The zero-order valence-electron chi connectivity index (χ0n) is 8.45. The Bertz CT molecular complexity index is 491. The van der Waals surface area contributed by atoms with E-state index in [1.807, 2.05) is 0 Å². The van der Waals surface area contributed by atoms with Crippen molar-refractivity contribution in [1.82, 2.24) is 0 Å². The Labute approximate surface area is 94.0 Å². The lowest BCUT2D eigenvalue weighted by atomic mass is 10.1. The highest BCUT2D eigenvalue weighted by molar-refractivity contribution is 7.90. The molecule has 0 unspecified atom stereocenters. The Morgan fingerprint density at radius 3 is 2.47 bits per heavy atom. The predicted molar refractivity (Wildman–Crippen MR) is 58.9 cm³/mol. The fourth-order valence-corrected chi connectivity index (χ4v) is 2.04. The number of ketones is 1. The van der Waals surface area contributed by atoms with Crippen molar-refractivity contribution in [1.29, 1.82) is 0 Å². The van der Waals surface area contributed by atoms with Crippen LogP contribution in [0.4, 0.5) is 0 Å². The van der Waals surface area contributed by atoms with Crippen molar-refractivity contribution in [3.63, 3.8) is 0 Å². The molecule has 5 heteroatoms. The number of carbonyl (C=O) groups is 1. The molecule has 15 heavy (non-hydrogen) atoms. The average molecular weight is 247 g/mol. The Morgan fingerprint density at radius 2 is 2.00 bits per heavy atom. The summed E-state index contributed by atoms with van der Waals surface area (Å²) in [6, 6.07) is 4.37. The SMILES string of the molecule is CC(=O)Cc1cc(S(C)(=O)=O)ccc1Cl. The van der Waals surface area contributed by atoms with Crippen molar-refractivity contribution in [3.05, 3.63) is 28.8 Å². The van der Waals surface area contributed by atoms with Crippen molar-refractivity contribution < 1.29 is 13.2 Å². The van der Waals surface area contributed by atoms with Gasteiger partial charge in [0.25, 0.3) is 0 Å². The number of rotatable bonds is 3. The van der Waals surface area contributed by atoms with E-state index in [2.05, 4.69) is 0 Å². The molecule has 3 nitrogen and oxygen atoms in total. The number of sulfone groups is 1. The maximum Gasteiger partial charge on any atom is 0.175 e. The molecule has 0 amide bonds. The first-order valence-electron chi connectivity index (χ1n) is 4.28. The minimum atomic E-state index is -3.25. The van der Waals surface area contributed by atoms with Gasteiger partial charge in [-0.3, -0.25) is 4.79 Å². The van der Waals surface area contributed by atoms with Gasteiger partial charge in [-0.05, 0) is 30.7 Å². The first-order chi connectivity index (χ1) is 6.80. The van der Waals surface area contributed by atoms with Crippen LogP contribution in [0.15, 0.2) is 23.1 Å². The topological polar surface area (TPSA) is 51.2 Å². The fraction of sp³-hybridized carbons (Fsp3) is 0.300. The molecule has 0 spiro atoms. The largest absolute Gasteiger partial charge is 0.300 e. The van der Waals surface area contributed by atoms with E-state index in [1.54, 1.807) is 0 Å². The van der Waals surface area contributed by atoms with Crippen molar-refractivity contribution in [2.24, 2.45) is 0 Å². The minimum absolute atomic E-state index is 0.0532. The third kappa shape index (κ3) is 3.32. The van der Waals surface area contributed by atoms with Gasteiger partial charge in [-0.25, -0.2) is 8.42 Å². The van der Waals surface area contributed by atoms with Crippen LogP contribution in [0.25, 0.3) is 0 Å². The van der Waals surface area contributed by atoms with Gasteiger partial charge in [0.05, 0.1) is 4.90 Å². The molecule has 1 rings (SSSR count). The molecule has 1 aromatic carbocycles. The maximum absolute atomic E-state index is 11.3. The van der Waals surface area contributed by atoms with Crippen LogP contribution < -0.4 is 0 Å². The van der Waals surface area contributed by atoms with Gasteiger partial charge in [-0.1, -0.05) is 11.6 Å². The van der Waals surface area contributed by atoms with Gasteiger partial charge in [0.2, 0.25) is 0 Å². The predicted octanol–water partition coefficient (Wildman–Crippen LogP) is 1.88. The Kier molecular flexibility index (Phi) is 3.52. The molecule has 0 bridgehead atoms. The minimum Gasteiger partial charge on any atom is -0.300 e. The van der Waals surface area contributed by atoms with Crippen LogP contribution >= 0.6 is 11.6 Å². The first-order valence-corrected chi connectivity index (χ1v) is 6.55. The first kappa shape index (κ1) is 12.2. The second-order valence-corrected chi connectivity index (χ2v) is 5.83. The molecule has 0 aliphatic carbocycles. The summed E-state index contributed by atoms with van der Waals surface area (Å²) < 4.78 is 22.5. The summed E-state index contributed by atoms with van der Waals surface area (Å²) in [6.07, 6.45) is 1.27. The van der Waals surface area contributed by atoms with Crippen molar-refractivity contribution in [2.75, 3.05) is 6.26 Å². The van der Waals surface area contributed by atoms with E-state index in [1.165, 1.54) is 25.1 Å². The van der Waals surface area contributed by atoms with Gasteiger partial charge < -0.3 is 0 Å². The summed E-state index contributed by atoms with van der Waals surface area (Å²) in [7, 11) is -3.25. The fourth-order valence-electron chi connectivity index (χ4n) is 1.19. The molecular formula is C10H11ClO3S. The highest BCUT2D eigenvalue weighted by Crippen LogP contribution is 2.21. The van der Waals surface area contributed by atoms with E-state index < -0.39 is 9.84 Å². The van der Waals surface area contributed by atoms with Crippen LogP contribution in [-0.2, 0) is 21.1 Å². The van der Waals surface area contributed by atoms with E-state index in [4.69, 9.17) is 11.6 Å². The van der Waals surface area contributed by atoms with Crippen molar-refractivity contribution >= 4 is 27.2 Å². The maximum atomic E-state index is 11.3. The molecule has 0 saturated carbocycles. The monoisotopic (exact) mass is 246 g/mol. The smallest absolute Gasteiger partial charge is 0.175 e. The second kappa shape index (κ2) is 4.33. The van der Waals surface area contributed by atoms with Gasteiger partial charge in [0.1, 0.15) is 5.78 Å². The van der Waals surface area contributed by atoms with Gasteiger partial charge in [-0.2, -0.15) is 0 Å². The van der Waals surface area contributed by atoms with E-state index in [9.17, 15) is 13.2 Å². The number of hydrogen-bond donors (Lipinski definition) is 0. The summed E-state index contributed by atoms with van der Waals surface area (Å²) in [4.78, 5) is 11.1. The lowest BCUT2D eigenvalue weighted by Crippen LogP contribution is -2.01. The van der Waals surface area contributed by atoms with Gasteiger partial charge in [0.15, 0.2) is 9.84 Å². The molecule has 0 N–H and O–H groups in total. The van der Waals surface area contributed by atoms with Crippen LogP contribution in [0.1, 0.15) is 12.5 Å². The quantitative estimate of drug-likeness (QED) is 0.818. The molecule has 0 fully saturated rings. The molecule has 0 aliphatic rings. The standard InChI is InChI=1S/C10H11ClO3S/c1-7(12)5-8-6-9(15(2,13)14)3-4-10(8)11/h3-4,6H,5H2,1-2H3. The molecule has 0 aliphatic heterocycles. The van der Waals surface area contributed by atoms with Crippen molar-refractivity contribution in [3.8, 4) is 0 Å². The van der Waals surface area contributed by atoms with Gasteiger partial charge >= 0.3 is 0 Å². The van der Waals surface area contributed by atoms with Gasteiger partial charge in [0, 0.05) is 17.7 Å². The highest BCUT2D eigenvalue weighted by Gasteiger charge is 2.11. The van der Waals surface area contributed by atoms with Crippen molar-refractivity contribution in [2.45, 2.75) is 18.2 Å². The van der Waals surface area contributed by atoms with Crippen LogP contribution in [0.3, 0.4) is 0 Å². The number of halogens is 1. The molecular weight excluding hydrogens is 236 g/mol. The molecule has 0 saturated heterocycles. The van der Waals surface area contributed by atoms with E-state index >= 15 is 0 Å². The number of Topliss-reactive ketones (excluding diaryl/α,β-unsaturated/α-hetero) is 1. The van der Waals surface area contributed by atoms with E-state index in [0.717, 1.165) is 6.26 Å². The summed E-state index contributed by atoms with van der Waals surface area (Å²) in [5.41, 5.74) is 0.548. The van der Waals surface area contributed by atoms with Crippen LogP contribution in [0.5, 0.6) is 0 Å². The summed E-state index contributed by atoms with van der Waals surface area (Å²) >= 11 is 5.84. The van der Waals surface area contributed by atoms with E-state index in [0.29, 0.717) is 10.6 Å². The zero-order valence-corrected chi connectivity index (χ0v) is 10.0. The van der Waals surface area contributed by atoms with E-state index in [-0.39, 0.29) is 17.1 Å². The zero-order chi connectivity index (χ0) is 11.6. The average Bonchev–Trinajstić information content (AvgIpc) is 2.06. The Balaban J connectivity index is 3.23. The number of hydrogen-bond acceptors (Lipinski definition) is 3. The number of carbonyl (C=O) groups excluding carboxylic acids is 1. The third-order valence-corrected chi connectivity index (χ3v) is 3.36. The lowest BCUT2D eigenvalue weighted by molar-refractivity contribution is -0.116. The van der Waals surface area contributed by atoms with Gasteiger partial charge in [-0.15, -0.1) is 0 Å². The summed E-state index contributed by atoms with van der Waals surface area (Å²) in [5.74, 6) is -0.0532. The number of benzene rings is 1. The summed E-state index contributed by atoms with van der Waals surface area (Å²) in [6.45, 7) is 1.43. The molecule has 0 heterocycles. The Hall–Kier alpha value is -0.870. The molecule has 0 atom stereocenters. The molecule has 1 aromatic rings. The lowest BCUT2D eigenvalue weighted by Gasteiger charge is -2.04. The van der Waals surface area contributed by atoms with Crippen LogP contribution in [0, 0.1) is 0 Å². The molecule has 0 radical (unpaired) electrons. The van der Waals surface area contributed by atoms with Crippen LogP contribution in [0.2, 0.25) is 5.02 Å². The van der Waals surface area contributed by atoms with Crippen LogP contribution in [-0.4, -0.2) is 20.5 Å².